The fourth-order valence-corrected chi connectivity index (χ4v) is 4.23. The fraction of sp³-hybridized carbons (Fsp3) is 0.458. The van der Waals surface area contributed by atoms with Gasteiger partial charge in [-0.3, -0.25) is 4.90 Å². The zero-order valence-electron chi connectivity index (χ0n) is 18.0. The molecule has 2 unspecified atom stereocenters. The number of phenols is 1. The van der Waals surface area contributed by atoms with Crippen LogP contribution >= 0.6 is 0 Å². The summed E-state index contributed by atoms with van der Waals surface area (Å²) in [7, 11) is 1.64. The van der Waals surface area contributed by atoms with Gasteiger partial charge in [0.05, 0.1) is 18.8 Å². The molecule has 7 heteroatoms. The van der Waals surface area contributed by atoms with Gasteiger partial charge >= 0.3 is 0 Å². The number of ether oxygens (including phenoxy) is 2. The van der Waals surface area contributed by atoms with Gasteiger partial charge in [-0.15, -0.1) is 0 Å². The minimum Gasteiger partial charge on any atom is -0.504 e. The molecule has 1 fully saturated rings. The third-order valence-electron chi connectivity index (χ3n) is 6.04. The van der Waals surface area contributed by atoms with Gasteiger partial charge in [-0.1, -0.05) is 17.6 Å². The van der Waals surface area contributed by atoms with Gasteiger partial charge in [0.1, 0.15) is 11.5 Å². The number of nitrogens with zero attached hydrogens (tertiary/aromatic N) is 2. The normalized spacial score (nSPS) is 18.4. The number of aromatic nitrogens is 1. The molecule has 0 amide bonds. The van der Waals surface area contributed by atoms with Gasteiger partial charge in [0.25, 0.3) is 0 Å². The molecule has 2 heterocycles. The smallest absolute Gasteiger partial charge is 0.170 e. The Hall–Kier alpha value is -2.64. The molecule has 2 atom stereocenters. The van der Waals surface area contributed by atoms with Crippen LogP contribution in [0.15, 0.2) is 40.9 Å². The Labute approximate surface area is 181 Å². The van der Waals surface area contributed by atoms with E-state index in [2.05, 4.69) is 10.1 Å². The van der Waals surface area contributed by atoms with E-state index in [4.69, 9.17) is 14.0 Å². The Morgan fingerprint density at radius 2 is 2.13 bits per heavy atom. The Kier molecular flexibility index (Phi) is 6.73. The van der Waals surface area contributed by atoms with Crippen LogP contribution in [0.5, 0.6) is 11.5 Å². The molecule has 4 rings (SSSR count). The highest BCUT2D eigenvalue weighted by molar-refractivity contribution is 5.79. The van der Waals surface area contributed by atoms with Crippen molar-refractivity contribution in [1.29, 1.82) is 0 Å². The van der Waals surface area contributed by atoms with Crippen molar-refractivity contribution in [2.24, 2.45) is 0 Å². The number of hydrogen-bond acceptors (Lipinski definition) is 6. The number of hydrogen-bond donors (Lipinski definition) is 1. The Balaban J connectivity index is 1.36. The van der Waals surface area contributed by atoms with Crippen LogP contribution in [0, 0.1) is 5.82 Å². The van der Waals surface area contributed by atoms with E-state index in [1.807, 2.05) is 13.0 Å². The van der Waals surface area contributed by atoms with Crippen molar-refractivity contribution in [2.45, 2.75) is 44.8 Å². The molecular weight excluding hydrogens is 399 g/mol. The first-order valence-corrected chi connectivity index (χ1v) is 10.8. The number of aromatic hydroxyl groups is 1. The summed E-state index contributed by atoms with van der Waals surface area (Å²) in [5, 5.41) is 15.4. The molecule has 2 aromatic carbocycles. The molecule has 1 aliphatic heterocycles. The Bertz CT molecular complexity index is 1020. The summed E-state index contributed by atoms with van der Waals surface area (Å²) in [6, 6.07) is 10.1. The van der Waals surface area contributed by atoms with Crippen molar-refractivity contribution in [1.82, 2.24) is 10.1 Å². The maximum Gasteiger partial charge on any atom is 0.170 e. The van der Waals surface area contributed by atoms with E-state index in [1.54, 1.807) is 25.3 Å². The highest BCUT2D eigenvalue weighted by atomic mass is 19.1. The number of phenolic OH excluding ortho intramolecular Hbond substituents is 1. The van der Waals surface area contributed by atoms with Crippen molar-refractivity contribution >= 4 is 11.0 Å². The van der Waals surface area contributed by atoms with E-state index in [-0.39, 0.29) is 23.7 Å². The monoisotopic (exact) mass is 428 g/mol. The summed E-state index contributed by atoms with van der Waals surface area (Å²) >= 11 is 0. The SMILES string of the molecule is COC(C)c1ccc(OCCCN2CCCCC2c2noc3cc(F)ccc23)c(O)c1. The number of piperidine rings is 1. The standard InChI is InChI=1S/C24H29FN2O4/c1-16(29-2)17-7-10-22(21(28)14-17)30-13-5-12-27-11-4-3-6-20(27)24-19-9-8-18(25)15-23(19)31-26-24/h7-10,14-16,20,28H,3-6,11-13H2,1-2H3. The van der Waals surface area contributed by atoms with Gasteiger partial charge in [0.2, 0.25) is 0 Å². The van der Waals surface area contributed by atoms with Crippen LogP contribution in [0.1, 0.15) is 56.0 Å². The summed E-state index contributed by atoms with van der Waals surface area (Å²) in [5.41, 5.74) is 2.28. The van der Waals surface area contributed by atoms with Crippen LogP contribution in [0.3, 0.4) is 0 Å². The van der Waals surface area contributed by atoms with Gasteiger partial charge in [0.15, 0.2) is 17.1 Å². The van der Waals surface area contributed by atoms with Gasteiger partial charge in [-0.05, 0) is 62.6 Å². The molecule has 3 aromatic rings. The topological polar surface area (TPSA) is 68.0 Å². The molecule has 31 heavy (non-hydrogen) atoms. The third-order valence-corrected chi connectivity index (χ3v) is 6.04. The summed E-state index contributed by atoms with van der Waals surface area (Å²) in [6.07, 6.45) is 4.01. The van der Waals surface area contributed by atoms with Crippen LogP contribution in [0.4, 0.5) is 4.39 Å². The molecule has 0 spiro atoms. The maximum absolute atomic E-state index is 13.5. The number of likely N-dealkylation sites (tertiary alicyclic amines) is 1. The van der Waals surface area contributed by atoms with Crippen molar-refractivity contribution in [3.05, 3.63) is 53.5 Å². The van der Waals surface area contributed by atoms with Crippen LogP contribution in [-0.4, -0.2) is 42.0 Å². The molecule has 1 aliphatic rings. The lowest BCUT2D eigenvalue weighted by atomic mass is 9.97. The minimum absolute atomic E-state index is 0.0833. The van der Waals surface area contributed by atoms with Crippen LogP contribution in [0.25, 0.3) is 11.0 Å². The number of benzene rings is 2. The summed E-state index contributed by atoms with van der Waals surface area (Å²) < 4.78 is 30.0. The van der Waals surface area contributed by atoms with Crippen LogP contribution in [-0.2, 0) is 4.74 Å². The van der Waals surface area contributed by atoms with Crippen molar-refractivity contribution in [3.8, 4) is 11.5 Å². The molecule has 0 bridgehead atoms. The molecule has 1 N–H and O–H groups in total. The second-order valence-electron chi connectivity index (χ2n) is 8.06. The zero-order chi connectivity index (χ0) is 21.8. The largest absolute Gasteiger partial charge is 0.504 e. The molecule has 0 aliphatic carbocycles. The van der Waals surface area contributed by atoms with E-state index in [9.17, 15) is 9.50 Å². The highest BCUT2D eigenvalue weighted by Crippen LogP contribution is 2.35. The maximum atomic E-state index is 13.5. The predicted molar refractivity (Wildman–Crippen MR) is 116 cm³/mol. The third kappa shape index (κ3) is 4.83. The van der Waals surface area contributed by atoms with Crippen molar-refractivity contribution < 1.29 is 23.5 Å². The van der Waals surface area contributed by atoms with Crippen molar-refractivity contribution in [3.63, 3.8) is 0 Å². The van der Waals surface area contributed by atoms with E-state index in [0.717, 1.165) is 55.4 Å². The van der Waals surface area contributed by atoms with Crippen molar-refractivity contribution in [2.75, 3.05) is 26.8 Å². The molecule has 0 radical (unpaired) electrons. The second-order valence-corrected chi connectivity index (χ2v) is 8.06. The second kappa shape index (κ2) is 9.66. The van der Waals surface area contributed by atoms with Gasteiger partial charge < -0.3 is 19.1 Å². The number of rotatable bonds is 8. The lowest BCUT2D eigenvalue weighted by Crippen LogP contribution is -2.35. The molecular formula is C24H29FN2O4. The van der Waals surface area contributed by atoms with Crippen LogP contribution in [0.2, 0.25) is 0 Å². The van der Waals surface area contributed by atoms with Gasteiger partial charge in [0, 0.05) is 25.1 Å². The number of methoxy groups -OCH3 is 1. The van der Waals surface area contributed by atoms with E-state index >= 15 is 0 Å². The number of fused-ring (bicyclic) bond motifs is 1. The lowest BCUT2D eigenvalue weighted by Gasteiger charge is -2.34. The minimum atomic E-state index is -0.319. The predicted octanol–water partition coefficient (Wildman–Crippen LogP) is 5.38. The average Bonchev–Trinajstić information content (AvgIpc) is 3.20. The Morgan fingerprint density at radius 1 is 1.26 bits per heavy atom. The first-order valence-electron chi connectivity index (χ1n) is 10.8. The highest BCUT2D eigenvalue weighted by Gasteiger charge is 2.28. The van der Waals surface area contributed by atoms with E-state index in [1.165, 1.54) is 12.1 Å². The van der Waals surface area contributed by atoms with E-state index < -0.39 is 0 Å². The molecule has 1 aromatic heterocycles. The summed E-state index contributed by atoms with van der Waals surface area (Å²) in [5.74, 6) is 0.283. The fourth-order valence-electron chi connectivity index (χ4n) is 4.23. The molecule has 1 saturated heterocycles. The quantitative estimate of drug-likeness (QED) is 0.486. The first-order chi connectivity index (χ1) is 15.1. The number of halogens is 1. The molecule has 0 saturated carbocycles. The summed E-state index contributed by atoms with van der Waals surface area (Å²) in [4.78, 5) is 2.40. The van der Waals surface area contributed by atoms with Crippen LogP contribution < -0.4 is 4.74 Å². The van der Waals surface area contributed by atoms with E-state index in [0.29, 0.717) is 17.9 Å². The zero-order valence-corrected chi connectivity index (χ0v) is 18.0. The Morgan fingerprint density at radius 3 is 2.94 bits per heavy atom. The van der Waals surface area contributed by atoms with Gasteiger partial charge in [-0.25, -0.2) is 4.39 Å². The molecule has 6 nitrogen and oxygen atoms in total. The lowest BCUT2D eigenvalue weighted by molar-refractivity contribution is 0.119. The first kappa shape index (κ1) is 21.6. The summed E-state index contributed by atoms with van der Waals surface area (Å²) in [6.45, 7) is 4.26. The van der Waals surface area contributed by atoms with Gasteiger partial charge in [-0.2, -0.15) is 0 Å². The molecule has 166 valence electrons. The average molecular weight is 429 g/mol.